The number of fused-ring (bicyclic) bond motifs is 4. The second-order valence-electron chi connectivity index (χ2n) is 11.3. The second-order valence-corrected chi connectivity index (χ2v) is 11.3. The molecule has 5 heteroatoms. The van der Waals surface area contributed by atoms with Gasteiger partial charge in [0, 0.05) is 52.1 Å². The van der Waals surface area contributed by atoms with Gasteiger partial charge in [-0.15, -0.1) is 0 Å². The lowest BCUT2D eigenvalue weighted by Gasteiger charge is -2.28. The van der Waals surface area contributed by atoms with Gasteiger partial charge >= 0.3 is 0 Å². The number of hydrogen-bond donors (Lipinski definition) is 0. The molecule has 1 unspecified atom stereocenters. The average molecular weight is 528 g/mol. The van der Waals surface area contributed by atoms with E-state index in [0.29, 0.717) is 17.2 Å². The summed E-state index contributed by atoms with van der Waals surface area (Å²) in [5.41, 5.74) is 4.65. The molecule has 3 aromatic carbocycles. The predicted octanol–water partition coefficient (Wildman–Crippen LogP) is 8.22. The van der Waals surface area contributed by atoms with Crippen LogP contribution in [0.2, 0.25) is 0 Å². The molecule has 0 fully saturated rings. The van der Waals surface area contributed by atoms with Crippen LogP contribution in [-0.2, 0) is 5.41 Å². The molecule has 1 atom stereocenters. The number of nitrogens with zero attached hydrogens (tertiary/aromatic N) is 4. The summed E-state index contributed by atoms with van der Waals surface area (Å²) >= 11 is 0. The number of rotatable bonds is 4. The highest BCUT2D eigenvalue weighted by molar-refractivity contribution is 6.09. The third-order valence-corrected chi connectivity index (χ3v) is 7.60. The van der Waals surface area contributed by atoms with Gasteiger partial charge in [-0.05, 0) is 65.6 Å². The quantitative estimate of drug-likeness (QED) is 0.236. The van der Waals surface area contributed by atoms with Crippen LogP contribution in [0.15, 0.2) is 116 Å². The van der Waals surface area contributed by atoms with Crippen LogP contribution in [0.5, 0.6) is 11.5 Å². The summed E-state index contributed by atoms with van der Waals surface area (Å²) in [5, 5.41) is 2.26. The van der Waals surface area contributed by atoms with Crippen molar-refractivity contribution in [3.8, 4) is 17.3 Å². The Morgan fingerprint density at radius 3 is 2.58 bits per heavy atom. The van der Waals surface area contributed by atoms with Crippen molar-refractivity contribution in [1.29, 1.82) is 0 Å². The Bertz CT molecular complexity index is 1960. The summed E-state index contributed by atoms with van der Waals surface area (Å²) in [6.45, 7) is 4.30. The summed E-state index contributed by atoms with van der Waals surface area (Å²) in [6, 6.07) is 26.3. The van der Waals surface area contributed by atoms with Crippen LogP contribution in [0.1, 0.15) is 36.0 Å². The molecule has 0 saturated heterocycles. The van der Waals surface area contributed by atoms with Crippen molar-refractivity contribution >= 4 is 27.5 Å². The number of allylic oxidation sites excluding steroid dienone is 2. The van der Waals surface area contributed by atoms with E-state index < -0.39 is 13.1 Å². The van der Waals surface area contributed by atoms with Gasteiger partial charge in [-0.3, -0.25) is 4.57 Å². The monoisotopic (exact) mass is 527 g/mol. The van der Waals surface area contributed by atoms with Crippen LogP contribution >= 0.6 is 0 Å². The predicted molar refractivity (Wildman–Crippen MR) is 163 cm³/mol. The van der Waals surface area contributed by atoms with Gasteiger partial charge in [0.15, 0.2) is 0 Å². The first-order valence-corrected chi connectivity index (χ1v) is 13.5. The lowest BCUT2D eigenvalue weighted by atomic mass is 9.88. The molecule has 2 aliphatic heterocycles. The molecule has 5 nitrogen and oxygen atoms in total. The number of para-hydroxylation sites is 1. The highest BCUT2D eigenvalue weighted by Crippen LogP contribution is 2.37. The van der Waals surface area contributed by atoms with Gasteiger partial charge in [0.25, 0.3) is 0 Å². The number of aromatic nitrogens is 2. The Morgan fingerprint density at radius 1 is 0.850 bits per heavy atom. The SMILES string of the molecule is [2H]C([2H])([2H])N1C(c2cccc(Oc3ccc4c5ccccc5n(-c5cc(C(C)(C)C)ccn5)c4c3)c2)=CN2C=CC=CC21. The van der Waals surface area contributed by atoms with Crippen LogP contribution in [0.3, 0.4) is 0 Å². The average Bonchev–Trinajstić information content (AvgIpc) is 3.53. The molecule has 2 aromatic heterocycles. The molecule has 2 aliphatic rings. The van der Waals surface area contributed by atoms with E-state index in [9.17, 15) is 0 Å². The highest BCUT2D eigenvalue weighted by Gasteiger charge is 2.28. The minimum absolute atomic E-state index is 0.0129. The van der Waals surface area contributed by atoms with Crippen LogP contribution in [-0.4, -0.2) is 32.5 Å². The Balaban J connectivity index is 1.29. The molecule has 198 valence electrons. The molecule has 4 heterocycles. The smallest absolute Gasteiger partial charge is 0.137 e. The highest BCUT2D eigenvalue weighted by atomic mass is 16.5. The largest absolute Gasteiger partial charge is 0.457 e. The summed E-state index contributed by atoms with van der Waals surface area (Å²) in [5.74, 6) is 2.15. The van der Waals surface area contributed by atoms with Crippen molar-refractivity contribution in [2.24, 2.45) is 0 Å². The van der Waals surface area contributed by atoms with Crippen LogP contribution < -0.4 is 4.74 Å². The summed E-state index contributed by atoms with van der Waals surface area (Å²) in [4.78, 5) is 8.15. The normalized spacial score (nSPS) is 18.0. The topological polar surface area (TPSA) is 33.5 Å². The second kappa shape index (κ2) is 9.16. The number of ether oxygens (including phenoxy) is 1. The molecule has 0 aliphatic carbocycles. The zero-order chi connectivity index (χ0) is 29.9. The molecule has 0 spiro atoms. The number of benzene rings is 3. The molecule has 5 aromatic rings. The maximum absolute atomic E-state index is 8.22. The fourth-order valence-corrected chi connectivity index (χ4v) is 5.52. The molecule has 40 heavy (non-hydrogen) atoms. The van der Waals surface area contributed by atoms with E-state index in [1.165, 1.54) is 10.5 Å². The first-order chi connectivity index (χ1) is 20.6. The number of hydrogen-bond acceptors (Lipinski definition) is 4. The molecule has 0 saturated carbocycles. The van der Waals surface area contributed by atoms with Crippen LogP contribution in [0.25, 0.3) is 33.3 Å². The van der Waals surface area contributed by atoms with Crippen molar-refractivity contribution in [2.45, 2.75) is 32.4 Å². The standard InChI is InChI=1S/C35H32N4O/c1-35(2,3)25-17-18-36-33(21-25)39-30-13-6-5-12-28(30)29-16-15-27(22-31(29)39)40-26-11-9-10-24(20-26)32-23-38-19-8-7-14-34(38)37(32)4/h5-23,34H,1-4H3/i4D3. The molecule has 0 amide bonds. The van der Waals surface area contributed by atoms with E-state index in [-0.39, 0.29) is 5.41 Å². The summed E-state index contributed by atoms with van der Waals surface area (Å²) in [7, 11) is 0. The van der Waals surface area contributed by atoms with Gasteiger partial charge in [-0.1, -0.05) is 57.2 Å². The van der Waals surface area contributed by atoms with E-state index in [4.69, 9.17) is 13.8 Å². The fourth-order valence-electron chi connectivity index (χ4n) is 5.52. The van der Waals surface area contributed by atoms with Crippen molar-refractivity contribution in [1.82, 2.24) is 19.4 Å². The summed E-state index contributed by atoms with van der Waals surface area (Å²) < 4.78 is 33.3. The Labute approximate surface area is 239 Å². The van der Waals surface area contributed by atoms with Gasteiger partial charge in [0.2, 0.25) is 0 Å². The van der Waals surface area contributed by atoms with E-state index in [2.05, 4.69) is 61.7 Å². The van der Waals surface area contributed by atoms with Crippen LogP contribution in [0, 0.1) is 0 Å². The lowest BCUT2D eigenvalue weighted by molar-refractivity contribution is 0.284. The molecule has 0 bridgehead atoms. The van der Waals surface area contributed by atoms with E-state index in [1.54, 1.807) is 0 Å². The van der Waals surface area contributed by atoms with E-state index >= 15 is 0 Å². The minimum atomic E-state index is -2.31. The maximum Gasteiger partial charge on any atom is 0.137 e. The van der Waals surface area contributed by atoms with Gasteiger partial charge in [0.1, 0.15) is 23.5 Å². The molecule has 0 radical (unpaired) electrons. The fraction of sp³-hybridized carbons (Fsp3) is 0.171. The Morgan fingerprint density at radius 2 is 1.70 bits per heavy atom. The Hall–Kier alpha value is -4.77. The number of pyridine rings is 1. The first-order valence-electron chi connectivity index (χ1n) is 15.0. The molecule has 0 N–H and O–H groups in total. The zero-order valence-corrected chi connectivity index (χ0v) is 22.7. The summed E-state index contributed by atoms with van der Waals surface area (Å²) in [6.07, 6.45) is 10.9. The lowest BCUT2D eigenvalue weighted by Crippen LogP contribution is -2.33. The maximum atomic E-state index is 8.22. The minimum Gasteiger partial charge on any atom is -0.457 e. The van der Waals surface area contributed by atoms with Gasteiger partial charge in [0.05, 0.1) is 16.7 Å². The third kappa shape index (κ3) is 4.06. The zero-order valence-electron chi connectivity index (χ0n) is 25.7. The van der Waals surface area contributed by atoms with E-state index in [0.717, 1.165) is 33.2 Å². The third-order valence-electron chi connectivity index (χ3n) is 7.60. The molecular weight excluding hydrogens is 492 g/mol. The molecular formula is C35H32N4O. The van der Waals surface area contributed by atoms with Crippen molar-refractivity contribution < 1.29 is 8.85 Å². The Kier molecular flexibility index (Phi) is 4.83. The van der Waals surface area contributed by atoms with Crippen molar-refractivity contribution in [2.75, 3.05) is 6.98 Å². The van der Waals surface area contributed by atoms with Crippen molar-refractivity contribution in [3.05, 3.63) is 127 Å². The number of likely N-dealkylation sites (N-methyl/N-ethyl adjacent to an activating group) is 1. The van der Waals surface area contributed by atoms with Crippen molar-refractivity contribution in [3.63, 3.8) is 0 Å². The van der Waals surface area contributed by atoms with Crippen LogP contribution in [0.4, 0.5) is 0 Å². The van der Waals surface area contributed by atoms with Gasteiger partial charge in [-0.25, -0.2) is 4.98 Å². The van der Waals surface area contributed by atoms with Gasteiger partial charge < -0.3 is 14.5 Å². The molecule has 7 rings (SSSR count). The van der Waals surface area contributed by atoms with Gasteiger partial charge in [-0.2, -0.15) is 0 Å². The first kappa shape index (κ1) is 21.1. The van der Waals surface area contributed by atoms with E-state index in [1.807, 2.05) is 84.2 Å².